The number of hydrogen-bond acceptors (Lipinski definition) is 4. The van der Waals surface area contributed by atoms with Gasteiger partial charge in [-0.3, -0.25) is 9.88 Å². The zero-order valence-electron chi connectivity index (χ0n) is 11.3. The number of carbonyl (C=O) groups excluding carboxylic acids is 1. The highest BCUT2D eigenvalue weighted by Gasteiger charge is 2.29. The van der Waals surface area contributed by atoms with E-state index in [0.29, 0.717) is 18.8 Å². The summed E-state index contributed by atoms with van der Waals surface area (Å²) in [7, 11) is 0. The third-order valence-electron chi connectivity index (χ3n) is 2.88. The Kier molecular flexibility index (Phi) is 2.92. The van der Waals surface area contributed by atoms with E-state index in [1.807, 2.05) is 27.7 Å². The zero-order chi connectivity index (χ0) is 13.5. The summed E-state index contributed by atoms with van der Waals surface area (Å²) in [6, 6.07) is 0. The molecule has 0 bridgehead atoms. The lowest BCUT2D eigenvalue weighted by atomic mass is 10.1. The Morgan fingerprint density at radius 3 is 2.72 bits per heavy atom. The van der Waals surface area contributed by atoms with Crippen molar-refractivity contribution in [2.45, 2.75) is 46.4 Å². The highest BCUT2D eigenvalue weighted by Crippen LogP contribution is 2.29. The number of fused-ring (bicyclic) bond motifs is 1. The van der Waals surface area contributed by atoms with Gasteiger partial charge in [0.2, 0.25) is 0 Å². The standard InChI is InChI=1S/C13H19N3O2/c1-8-11(14)10-7-16(6-9(10)5-15-8)12(17)18-13(2,3)4/h5H,6-7,14H2,1-4H3. The minimum atomic E-state index is -0.481. The van der Waals surface area contributed by atoms with Gasteiger partial charge in [-0.05, 0) is 33.3 Å². The van der Waals surface area contributed by atoms with Crippen molar-refractivity contribution in [2.75, 3.05) is 5.73 Å². The molecule has 1 aliphatic rings. The fraction of sp³-hybridized carbons (Fsp3) is 0.538. The van der Waals surface area contributed by atoms with E-state index in [1.54, 1.807) is 11.1 Å². The summed E-state index contributed by atoms with van der Waals surface area (Å²) in [5.41, 5.74) is 8.98. The van der Waals surface area contributed by atoms with Gasteiger partial charge in [-0.15, -0.1) is 0 Å². The summed E-state index contributed by atoms with van der Waals surface area (Å²) in [4.78, 5) is 17.8. The van der Waals surface area contributed by atoms with Crippen molar-refractivity contribution in [3.8, 4) is 0 Å². The first-order valence-electron chi connectivity index (χ1n) is 5.98. The van der Waals surface area contributed by atoms with E-state index in [-0.39, 0.29) is 6.09 Å². The van der Waals surface area contributed by atoms with Gasteiger partial charge in [0.15, 0.2) is 0 Å². The number of aryl methyl sites for hydroxylation is 1. The topological polar surface area (TPSA) is 68.5 Å². The second-order valence-electron chi connectivity index (χ2n) is 5.60. The number of nitrogens with zero attached hydrogens (tertiary/aromatic N) is 2. The molecule has 0 aliphatic carbocycles. The fourth-order valence-corrected chi connectivity index (χ4v) is 1.94. The largest absolute Gasteiger partial charge is 0.444 e. The van der Waals surface area contributed by atoms with Gasteiger partial charge < -0.3 is 10.5 Å². The van der Waals surface area contributed by atoms with Crippen LogP contribution in [0.25, 0.3) is 0 Å². The van der Waals surface area contributed by atoms with Gasteiger partial charge in [0.25, 0.3) is 0 Å². The molecule has 0 unspecified atom stereocenters. The quantitative estimate of drug-likeness (QED) is 0.765. The number of nitrogen functional groups attached to an aromatic ring is 1. The second-order valence-corrected chi connectivity index (χ2v) is 5.60. The van der Waals surface area contributed by atoms with Crippen LogP contribution in [0.2, 0.25) is 0 Å². The van der Waals surface area contributed by atoms with Gasteiger partial charge in [-0.25, -0.2) is 4.79 Å². The van der Waals surface area contributed by atoms with Crippen molar-refractivity contribution < 1.29 is 9.53 Å². The van der Waals surface area contributed by atoms with Crippen LogP contribution in [-0.2, 0) is 17.8 Å². The maximum atomic E-state index is 12.0. The Bertz CT molecular complexity index is 492. The van der Waals surface area contributed by atoms with Crippen molar-refractivity contribution in [1.82, 2.24) is 9.88 Å². The maximum absolute atomic E-state index is 12.0. The number of carbonyl (C=O) groups is 1. The first kappa shape index (κ1) is 12.7. The predicted octanol–water partition coefficient (Wildman–Crippen LogP) is 2.22. The van der Waals surface area contributed by atoms with Crippen LogP contribution >= 0.6 is 0 Å². The molecule has 1 amide bonds. The van der Waals surface area contributed by atoms with E-state index in [9.17, 15) is 4.79 Å². The van der Waals surface area contributed by atoms with Crippen LogP contribution in [0.1, 0.15) is 37.6 Å². The molecule has 1 aromatic rings. The van der Waals surface area contributed by atoms with Crippen LogP contribution in [0.5, 0.6) is 0 Å². The van der Waals surface area contributed by atoms with E-state index in [0.717, 1.165) is 16.8 Å². The van der Waals surface area contributed by atoms with Crippen LogP contribution in [0.3, 0.4) is 0 Å². The number of hydrogen-bond donors (Lipinski definition) is 1. The molecule has 0 saturated heterocycles. The van der Waals surface area contributed by atoms with Crippen molar-refractivity contribution >= 4 is 11.8 Å². The normalized spacial score (nSPS) is 14.6. The molecule has 0 atom stereocenters. The molecular weight excluding hydrogens is 230 g/mol. The maximum Gasteiger partial charge on any atom is 0.410 e. The molecule has 18 heavy (non-hydrogen) atoms. The van der Waals surface area contributed by atoms with Gasteiger partial charge in [0, 0.05) is 11.8 Å². The molecular formula is C13H19N3O2. The minimum Gasteiger partial charge on any atom is -0.444 e. The van der Waals surface area contributed by atoms with E-state index in [1.165, 1.54) is 0 Å². The van der Waals surface area contributed by atoms with Crippen LogP contribution in [0, 0.1) is 6.92 Å². The lowest BCUT2D eigenvalue weighted by Crippen LogP contribution is -2.33. The van der Waals surface area contributed by atoms with Gasteiger partial charge in [-0.2, -0.15) is 0 Å². The monoisotopic (exact) mass is 249 g/mol. The molecule has 0 fully saturated rings. The lowest BCUT2D eigenvalue weighted by molar-refractivity contribution is 0.0242. The third kappa shape index (κ3) is 2.39. The average molecular weight is 249 g/mol. The van der Waals surface area contributed by atoms with Gasteiger partial charge >= 0.3 is 6.09 Å². The number of aromatic nitrogens is 1. The summed E-state index contributed by atoms with van der Waals surface area (Å²) in [5.74, 6) is 0. The molecule has 1 aromatic heterocycles. The van der Waals surface area contributed by atoms with E-state index in [2.05, 4.69) is 4.98 Å². The van der Waals surface area contributed by atoms with Crippen LogP contribution in [-0.4, -0.2) is 21.6 Å². The molecule has 0 spiro atoms. The molecule has 0 radical (unpaired) electrons. The van der Waals surface area contributed by atoms with Crippen LogP contribution in [0.4, 0.5) is 10.5 Å². The van der Waals surface area contributed by atoms with Crippen molar-refractivity contribution in [3.63, 3.8) is 0 Å². The summed E-state index contributed by atoms with van der Waals surface area (Å²) >= 11 is 0. The third-order valence-corrected chi connectivity index (χ3v) is 2.88. The molecule has 1 aliphatic heterocycles. The van der Waals surface area contributed by atoms with Crippen molar-refractivity contribution in [3.05, 3.63) is 23.0 Å². The van der Waals surface area contributed by atoms with Gasteiger partial charge in [0.1, 0.15) is 5.60 Å². The number of amides is 1. The summed E-state index contributed by atoms with van der Waals surface area (Å²) in [5, 5.41) is 0. The minimum absolute atomic E-state index is 0.309. The number of anilines is 1. The van der Waals surface area contributed by atoms with E-state index in [4.69, 9.17) is 10.5 Å². The Labute approximate surface area is 107 Å². The predicted molar refractivity (Wildman–Crippen MR) is 68.9 cm³/mol. The molecule has 0 aromatic carbocycles. The highest BCUT2D eigenvalue weighted by molar-refractivity contribution is 5.70. The van der Waals surface area contributed by atoms with E-state index < -0.39 is 5.60 Å². The zero-order valence-corrected chi connectivity index (χ0v) is 11.3. The molecule has 98 valence electrons. The van der Waals surface area contributed by atoms with Crippen LogP contribution in [0.15, 0.2) is 6.20 Å². The molecule has 0 saturated carbocycles. The Hall–Kier alpha value is -1.78. The van der Waals surface area contributed by atoms with Gasteiger partial charge in [0.05, 0.1) is 24.5 Å². The number of pyridine rings is 1. The SMILES string of the molecule is Cc1ncc2c(c1N)CN(C(=O)OC(C)(C)C)C2. The molecule has 5 nitrogen and oxygen atoms in total. The summed E-state index contributed by atoms with van der Waals surface area (Å²) in [6.45, 7) is 8.45. The first-order chi connectivity index (χ1) is 8.28. The highest BCUT2D eigenvalue weighted by atomic mass is 16.6. The summed E-state index contributed by atoms with van der Waals surface area (Å²) < 4.78 is 5.35. The average Bonchev–Trinajstić information content (AvgIpc) is 2.66. The fourth-order valence-electron chi connectivity index (χ4n) is 1.94. The lowest BCUT2D eigenvalue weighted by Gasteiger charge is -2.24. The Balaban J connectivity index is 2.15. The first-order valence-corrected chi connectivity index (χ1v) is 5.98. The molecule has 2 heterocycles. The summed E-state index contributed by atoms with van der Waals surface area (Å²) in [6.07, 6.45) is 1.47. The molecule has 2 rings (SSSR count). The number of nitrogens with two attached hydrogens (primary N) is 1. The van der Waals surface area contributed by atoms with Crippen molar-refractivity contribution in [2.24, 2.45) is 0 Å². The van der Waals surface area contributed by atoms with Crippen LogP contribution < -0.4 is 5.73 Å². The molecule has 5 heteroatoms. The smallest absolute Gasteiger partial charge is 0.410 e. The second kappa shape index (κ2) is 4.15. The Morgan fingerprint density at radius 1 is 1.44 bits per heavy atom. The molecule has 2 N–H and O–H groups in total. The van der Waals surface area contributed by atoms with Gasteiger partial charge in [-0.1, -0.05) is 0 Å². The number of ether oxygens (including phenoxy) is 1. The number of rotatable bonds is 0. The van der Waals surface area contributed by atoms with Crippen molar-refractivity contribution in [1.29, 1.82) is 0 Å². The van der Waals surface area contributed by atoms with E-state index >= 15 is 0 Å². The Morgan fingerprint density at radius 2 is 2.11 bits per heavy atom.